The zero-order valence-electron chi connectivity index (χ0n) is 17.8. The molecule has 7 heteroatoms. The largest absolute Gasteiger partial charge is 0.493 e. The van der Waals surface area contributed by atoms with Gasteiger partial charge < -0.3 is 19.6 Å². The second-order valence-electron chi connectivity index (χ2n) is 7.77. The number of nitrogens with two attached hydrogens (primary N) is 1. The number of methoxy groups -OCH3 is 1. The molecule has 0 spiro atoms. The van der Waals surface area contributed by atoms with Crippen LogP contribution in [-0.2, 0) is 12.8 Å². The van der Waals surface area contributed by atoms with E-state index in [4.69, 9.17) is 19.6 Å². The molecule has 6 nitrogen and oxygen atoms in total. The van der Waals surface area contributed by atoms with Crippen molar-refractivity contribution in [2.24, 2.45) is 5.73 Å². The molecule has 31 heavy (non-hydrogen) atoms. The molecule has 2 aromatic carbocycles. The quantitative estimate of drug-likeness (QED) is 0.590. The molecule has 0 saturated carbocycles. The lowest BCUT2D eigenvalue weighted by atomic mass is 9.95. The average molecular weight is 426 g/mol. The Bertz CT molecular complexity index is 1090. The second kappa shape index (κ2) is 8.98. The van der Waals surface area contributed by atoms with Gasteiger partial charge >= 0.3 is 0 Å². The summed E-state index contributed by atoms with van der Waals surface area (Å²) in [4.78, 5) is 14.1. The Balaban J connectivity index is 1.44. The molecule has 4 rings (SSSR count). The number of halogens is 1. The van der Waals surface area contributed by atoms with Gasteiger partial charge in [0, 0.05) is 22.6 Å². The first-order valence-corrected chi connectivity index (χ1v) is 10.5. The Labute approximate surface area is 180 Å². The normalized spacial score (nSPS) is 15.7. The van der Waals surface area contributed by atoms with Gasteiger partial charge in [0.2, 0.25) is 5.91 Å². The Morgan fingerprint density at radius 1 is 1.32 bits per heavy atom. The minimum atomic E-state index is -0.564. The number of ether oxygens (including phenoxy) is 2. The van der Waals surface area contributed by atoms with Crippen LogP contribution in [0.1, 0.15) is 34.8 Å². The Hall–Kier alpha value is -3.06. The Morgan fingerprint density at radius 3 is 2.90 bits per heavy atom. The van der Waals surface area contributed by atoms with E-state index in [0.29, 0.717) is 24.2 Å². The van der Waals surface area contributed by atoms with Crippen molar-refractivity contribution >= 4 is 16.9 Å². The van der Waals surface area contributed by atoms with Crippen molar-refractivity contribution in [1.82, 2.24) is 4.90 Å². The van der Waals surface area contributed by atoms with Crippen molar-refractivity contribution in [2.45, 2.75) is 32.2 Å². The van der Waals surface area contributed by atoms with Gasteiger partial charge in [-0.05, 0) is 56.1 Å². The number of para-hydroxylation sites is 1. The summed E-state index contributed by atoms with van der Waals surface area (Å²) in [5.41, 5.74) is 8.30. The molecule has 0 fully saturated rings. The topological polar surface area (TPSA) is 77.9 Å². The number of rotatable bonds is 8. The van der Waals surface area contributed by atoms with E-state index < -0.39 is 11.7 Å². The molecule has 2 N–H and O–H groups in total. The molecular formula is C24H27FN2O4. The van der Waals surface area contributed by atoms with E-state index in [2.05, 4.69) is 11.8 Å². The van der Waals surface area contributed by atoms with Crippen LogP contribution < -0.4 is 15.2 Å². The SMILES string of the molecule is CCN(CCCc1coc2c(OC)cccc12)C1COc2c(F)ccc(C(N)=O)c2C1. The molecule has 2 heterocycles. The molecule has 1 aliphatic heterocycles. The third-order valence-electron chi connectivity index (χ3n) is 6.02. The highest BCUT2D eigenvalue weighted by Crippen LogP contribution is 2.33. The lowest BCUT2D eigenvalue weighted by Gasteiger charge is -2.35. The van der Waals surface area contributed by atoms with Crippen LogP contribution in [0.3, 0.4) is 0 Å². The molecule has 0 bridgehead atoms. The highest BCUT2D eigenvalue weighted by Gasteiger charge is 2.29. The summed E-state index contributed by atoms with van der Waals surface area (Å²) in [6.45, 7) is 4.14. The number of amides is 1. The Kier molecular flexibility index (Phi) is 6.13. The summed E-state index contributed by atoms with van der Waals surface area (Å²) >= 11 is 0. The summed E-state index contributed by atoms with van der Waals surface area (Å²) in [6.07, 6.45) is 4.12. The predicted octanol–water partition coefficient (Wildman–Crippen LogP) is 3.94. The van der Waals surface area contributed by atoms with E-state index in [0.717, 1.165) is 48.2 Å². The summed E-state index contributed by atoms with van der Waals surface area (Å²) in [6, 6.07) is 8.62. The molecule has 3 aromatic rings. The van der Waals surface area contributed by atoms with E-state index in [1.807, 2.05) is 18.2 Å². The predicted molar refractivity (Wildman–Crippen MR) is 116 cm³/mol. The first kappa shape index (κ1) is 21.2. The average Bonchev–Trinajstić information content (AvgIpc) is 3.19. The van der Waals surface area contributed by atoms with Gasteiger partial charge in [-0.1, -0.05) is 19.1 Å². The van der Waals surface area contributed by atoms with Crippen LogP contribution in [0.15, 0.2) is 41.0 Å². The van der Waals surface area contributed by atoms with Crippen LogP contribution in [0.2, 0.25) is 0 Å². The number of hydrogen-bond donors (Lipinski definition) is 1. The number of benzene rings is 2. The number of fused-ring (bicyclic) bond motifs is 2. The highest BCUT2D eigenvalue weighted by atomic mass is 19.1. The van der Waals surface area contributed by atoms with Gasteiger partial charge in [-0.3, -0.25) is 9.69 Å². The first-order chi connectivity index (χ1) is 15.0. The molecule has 1 atom stereocenters. The van der Waals surface area contributed by atoms with Crippen LogP contribution in [-0.4, -0.2) is 43.7 Å². The molecule has 0 radical (unpaired) electrons. The monoisotopic (exact) mass is 426 g/mol. The highest BCUT2D eigenvalue weighted by molar-refractivity contribution is 5.95. The summed E-state index contributed by atoms with van der Waals surface area (Å²) in [5, 5.41) is 1.07. The number of hydrogen-bond acceptors (Lipinski definition) is 5. The van der Waals surface area contributed by atoms with Crippen molar-refractivity contribution in [3.05, 3.63) is 59.1 Å². The number of primary amides is 1. The van der Waals surface area contributed by atoms with Gasteiger partial charge in [-0.25, -0.2) is 4.39 Å². The number of carbonyl (C=O) groups is 1. The van der Waals surface area contributed by atoms with Gasteiger partial charge in [0.1, 0.15) is 6.61 Å². The number of furan rings is 1. The van der Waals surface area contributed by atoms with E-state index in [1.54, 1.807) is 13.4 Å². The third-order valence-corrected chi connectivity index (χ3v) is 6.02. The van der Waals surface area contributed by atoms with Crippen LogP contribution in [0.25, 0.3) is 11.0 Å². The summed E-state index contributed by atoms with van der Waals surface area (Å²) in [5.74, 6) is -0.133. The van der Waals surface area contributed by atoms with Gasteiger partial charge in [0.05, 0.1) is 13.4 Å². The van der Waals surface area contributed by atoms with E-state index >= 15 is 0 Å². The third kappa shape index (κ3) is 4.10. The zero-order valence-corrected chi connectivity index (χ0v) is 17.8. The molecule has 1 unspecified atom stereocenters. The maximum Gasteiger partial charge on any atom is 0.249 e. The molecule has 0 aliphatic carbocycles. The summed E-state index contributed by atoms with van der Waals surface area (Å²) < 4.78 is 31.0. The molecule has 164 valence electrons. The lowest BCUT2D eigenvalue weighted by Crippen LogP contribution is -2.44. The maximum absolute atomic E-state index is 14.2. The Morgan fingerprint density at radius 2 is 2.16 bits per heavy atom. The van der Waals surface area contributed by atoms with Crippen LogP contribution in [0.5, 0.6) is 11.5 Å². The molecule has 1 amide bonds. The number of nitrogens with zero attached hydrogens (tertiary/aromatic N) is 1. The van der Waals surface area contributed by atoms with E-state index in [1.165, 1.54) is 12.1 Å². The van der Waals surface area contributed by atoms with E-state index in [-0.39, 0.29) is 11.8 Å². The van der Waals surface area contributed by atoms with Crippen molar-refractivity contribution in [3.63, 3.8) is 0 Å². The second-order valence-corrected chi connectivity index (χ2v) is 7.77. The first-order valence-electron chi connectivity index (χ1n) is 10.5. The number of aryl methyl sites for hydroxylation is 1. The molecular weight excluding hydrogens is 399 g/mol. The van der Waals surface area contributed by atoms with Gasteiger partial charge in [0.25, 0.3) is 0 Å². The number of carbonyl (C=O) groups excluding carboxylic acids is 1. The van der Waals surface area contributed by atoms with Crippen molar-refractivity contribution in [3.8, 4) is 11.5 Å². The standard InChI is InChI=1S/C24H27FN2O4/c1-3-27(11-5-6-15-13-30-23-17(15)7-4-8-21(23)29-2)16-12-19-18(24(26)28)9-10-20(25)22(19)31-14-16/h4,7-10,13,16H,3,5-6,11-12,14H2,1-2H3,(H2,26,28). The van der Waals surface area contributed by atoms with Crippen molar-refractivity contribution < 1.29 is 23.1 Å². The van der Waals surface area contributed by atoms with Crippen molar-refractivity contribution in [2.75, 3.05) is 26.8 Å². The molecule has 1 aromatic heterocycles. The minimum absolute atomic E-state index is 0.0542. The lowest BCUT2D eigenvalue weighted by molar-refractivity contribution is 0.0987. The maximum atomic E-state index is 14.2. The fourth-order valence-electron chi connectivity index (χ4n) is 4.41. The minimum Gasteiger partial charge on any atom is -0.493 e. The van der Waals surface area contributed by atoms with Crippen LogP contribution >= 0.6 is 0 Å². The van der Waals surface area contributed by atoms with Gasteiger partial charge in [-0.2, -0.15) is 0 Å². The van der Waals surface area contributed by atoms with Gasteiger partial charge in [0.15, 0.2) is 22.9 Å². The zero-order chi connectivity index (χ0) is 22.0. The fraction of sp³-hybridized carbons (Fsp3) is 0.375. The van der Waals surface area contributed by atoms with E-state index in [9.17, 15) is 9.18 Å². The fourth-order valence-corrected chi connectivity index (χ4v) is 4.41. The van der Waals surface area contributed by atoms with Gasteiger partial charge in [-0.15, -0.1) is 0 Å². The van der Waals surface area contributed by atoms with Crippen LogP contribution in [0.4, 0.5) is 4.39 Å². The number of likely N-dealkylation sites (N-methyl/N-ethyl adjacent to an activating group) is 1. The molecule has 0 saturated heterocycles. The van der Waals surface area contributed by atoms with Crippen molar-refractivity contribution in [1.29, 1.82) is 0 Å². The smallest absolute Gasteiger partial charge is 0.249 e. The molecule has 1 aliphatic rings. The summed E-state index contributed by atoms with van der Waals surface area (Å²) in [7, 11) is 1.63. The van der Waals surface area contributed by atoms with Crippen LogP contribution in [0, 0.1) is 5.82 Å².